The zero-order valence-corrected chi connectivity index (χ0v) is 18.8. The Balaban J connectivity index is 1.75. The highest BCUT2D eigenvalue weighted by atomic mass is 19.3. The van der Waals surface area contributed by atoms with Crippen molar-refractivity contribution in [2.75, 3.05) is 38.8 Å². The molecule has 0 radical (unpaired) electrons. The van der Waals surface area contributed by atoms with Gasteiger partial charge in [0.25, 0.3) is 5.92 Å². The summed E-state index contributed by atoms with van der Waals surface area (Å²) < 4.78 is 43.4. The van der Waals surface area contributed by atoms with Crippen molar-refractivity contribution in [2.24, 2.45) is 0 Å². The van der Waals surface area contributed by atoms with Gasteiger partial charge in [-0.15, -0.1) is 0 Å². The molecule has 1 fully saturated rings. The van der Waals surface area contributed by atoms with E-state index in [1.54, 1.807) is 35.1 Å². The van der Waals surface area contributed by atoms with Crippen LogP contribution in [0.15, 0.2) is 42.5 Å². The molecule has 2 aromatic carbocycles. The highest BCUT2D eigenvalue weighted by molar-refractivity contribution is 5.93. The van der Waals surface area contributed by atoms with Gasteiger partial charge in [-0.05, 0) is 24.6 Å². The van der Waals surface area contributed by atoms with Crippen molar-refractivity contribution in [3.8, 4) is 17.2 Å². The largest absolute Gasteiger partial charge is 0.496 e. The van der Waals surface area contributed by atoms with E-state index in [0.717, 1.165) is 17.7 Å². The highest BCUT2D eigenvalue weighted by Crippen LogP contribution is 2.34. The molecule has 1 aliphatic heterocycles. The van der Waals surface area contributed by atoms with Crippen LogP contribution in [-0.2, 0) is 6.54 Å². The number of methoxy groups -OCH3 is 2. The number of urea groups is 1. The number of para-hydroxylation sites is 1. The Kier molecular flexibility index (Phi) is 7.77. The number of nitrogens with zero attached hydrogens (tertiary/aromatic N) is 2. The van der Waals surface area contributed by atoms with Gasteiger partial charge in [0.2, 0.25) is 0 Å². The van der Waals surface area contributed by atoms with Crippen LogP contribution in [0.2, 0.25) is 0 Å². The summed E-state index contributed by atoms with van der Waals surface area (Å²) in [4.78, 5) is 16.7. The topological polar surface area (TPSA) is 51.2 Å². The number of hydrogen-bond acceptors (Lipinski definition) is 4. The van der Waals surface area contributed by atoms with Crippen molar-refractivity contribution in [1.29, 1.82) is 0 Å². The van der Waals surface area contributed by atoms with Gasteiger partial charge in [0, 0.05) is 43.2 Å². The fourth-order valence-electron chi connectivity index (χ4n) is 3.64. The highest BCUT2D eigenvalue weighted by Gasteiger charge is 2.29. The van der Waals surface area contributed by atoms with E-state index in [9.17, 15) is 13.6 Å². The number of rotatable bonds is 10. The minimum Gasteiger partial charge on any atom is -0.496 e. The number of hydrogen-bond donors (Lipinski definition) is 0. The number of amides is 2. The van der Waals surface area contributed by atoms with E-state index in [1.165, 1.54) is 14.0 Å². The molecule has 1 heterocycles. The first-order chi connectivity index (χ1) is 15.4. The SMILES string of the molecule is CCC(F)(F)CCOc1cc(N2CCCN(Cc3ccccc3OC)C2=O)ccc1OC. The fraction of sp³-hybridized carbons (Fsp3) is 0.458. The predicted octanol–water partition coefficient (Wildman–Crippen LogP) is 5.35. The maximum atomic E-state index is 13.6. The normalized spacial score (nSPS) is 14.5. The molecule has 0 aliphatic carbocycles. The van der Waals surface area contributed by atoms with Crippen molar-refractivity contribution >= 4 is 11.7 Å². The Morgan fingerprint density at radius 2 is 1.75 bits per heavy atom. The lowest BCUT2D eigenvalue weighted by Gasteiger charge is -2.36. The van der Waals surface area contributed by atoms with Gasteiger partial charge in [0.05, 0.1) is 27.4 Å². The monoisotopic (exact) mass is 448 g/mol. The molecule has 0 bridgehead atoms. The van der Waals surface area contributed by atoms with Crippen LogP contribution in [0, 0.1) is 0 Å². The predicted molar refractivity (Wildman–Crippen MR) is 119 cm³/mol. The fourth-order valence-corrected chi connectivity index (χ4v) is 3.64. The molecule has 0 saturated carbocycles. The summed E-state index contributed by atoms with van der Waals surface area (Å²) in [5, 5.41) is 0. The molecule has 0 N–H and O–H groups in total. The summed E-state index contributed by atoms with van der Waals surface area (Å²) in [6.45, 7) is 2.93. The molecule has 2 aromatic rings. The number of halogens is 2. The van der Waals surface area contributed by atoms with Crippen molar-refractivity contribution in [3.63, 3.8) is 0 Å². The van der Waals surface area contributed by atoms with E-state index in [4.69, 9.17) is 14.2 Å². The lowest BCUT2D eigenvalue weighted by atomic mass is 10.1. The quantitative estimate of drug-likeness (QED) is 0.492. The van der Waals surface area contributed by atoms with Gasteiger partial charge < -0.3 is 19.1 Å². The summed E-state index contributed by atoms with van der Waals surface area (Å²) in [6.07, 6.45) is 0.176. The Labute approximate surface area is 187 Å². The van der Waals surface area contributed by atoms with Crippen LogP contribution in [0.25, 0.3) is 0 Å². The summed E-state index contributed by atoms with van der Waals surface area (Å²) in [5.41, 5.74) is 1.57. The maximum absolute atomic E-state index is 13.6. The van der Waals surface area contributed by atoms with Gasteiger partial charge in [0.1, 0.15) is 5.75 Å². The lowest BCUT2D eigenvalue weighted by Crippen LogP contribution is -2.49. The maximum Gasteiger partial charge on any atom is 0.324 e. The van der Waals surface area contributed by atoms with Crippen LogP contribution >= 0.6 is 0 Å². The van der Waals surface area contributed by atoms with Crippen molar-refractivity contribution < 1.29 is 27.8 Å². The molecular weight excluding hydrogens is 418 g/mol. The van der Waals surface area contributed by atoms with Crippen molar-refractivity contribution in [1.82, 2.24) is 4.90 Å². The molecule has 8 heteroatoms. The average Bonchev–Trinajstić information content (AvgIpc) is 2.80. The second-order valence-corrected chi connectivity index (χ2v) is 7.66. The molecule has 1 saturated heterocycles. The van der Waals surface area contributed by atoms with E-state index in [1.807, 2.05) is 24.3 Å². The number of carbonyl (C=O) groups excluding carboxylic acids is 1. The van der Waals surface area contributed by atoms with E-state index in [2.05, 4.69) is 0 Å². The first-order valence-electron chi connectivity index (χ1n) is 10.8. The molecule has 32 heavy (non-hydrogen) atoms. The second-order valence-electron chi connectivity index (χ2n) is 7.66. The standard InChI is InChI=1S/C24H30F2N2O4/c1-4-24(25,26)12-15-32-22-16-19(10-11-21(22)31-3)28-14-7-13-27(23(28)29)17-18-8-5-6-9-20(18)30-2/h5-6,8-11,16H,4,7,12-15,17H2,1-3H3. The summed E-state index contributed by atoms with van der Waals surface area (Å²) >= 11 is 0. The first-order valence-corrected chi connectivity index (χ1v) is 10.8. The van der Waals surface area contributed by atoms with Gasteiger partial charge in [-0.2, -0.15) is 0 Å². The van der Waals surface area contributed by atoms with Crippen molar-refractivity contribution in [2.45, 2.75) is 38.7 Å². The van der Waals surface area contributed by atoms with Crippen LogP contribution in [0.5, 0.6) is 17.2 Å². The zero-order valence-electron chi connectivity index (χ0n) is 18.8. The van der Waals surface area contributed by atoms with Crippen LogP contribution in [-0.4, -0.2) is 50.8 Å². The molecule has 174 valence electrons. The van der Waals surface area contributed by atoms with Gasteiger partial charge >= 0.3 is 6.03 Å². The molecule has 1 aliphatic rings. The average molecular weight is 449 g/mol. The summed E-state index contributed by atoms with van der Waals surface area (Å²) in [7, 11) is 3.10. The molecule has 6 nitrogen and oxygen atoms in total. The Morgan fingerprint density at radius 1 is 1.00 bits per heavy atom. The Bertz CT molecular complexity index is 923. The minimum atomic E-state index is -2.77. The first kappa shape index (κ1) is 23.6. The summed E-state index contributed by atoms with van der Waals surface area (Å²) in [5.74, 6) is -1.26. The lowest BCUT2D eigenvalue weighted by molar-refractivity contribution is -0.0220. The Hall–Kier alpha value is -3.03. The molecule has 0 aromatic heterocycles. The third kappa shape index (κ3) is 5.60. The molecule has 0 unspecified atom stereocenters. The van der Waals surface area contributed by atoms with Gasteiger partial charge in [-0.3, -0.25) is 4.90 Å². The number of carbonyl (C=O) groups is 1. The van der Waals surface area contributed by atoms with Gasteiger partial charge in [0.15, 0.2) is 11.5 Å². The van der Waals surface area contributed by atoms with E-state index in [-0.39, 0.29) is 25.5 Å². The van der Waals surface area contributed by atoms with Crippen LogP contribution < -0.4 is 19.1 Å². The van der Waals surface area contributed by atoms with Crippen LogP contribution in [0.1, 0.15) is 31.7 Å². The molecule has 0 atom stereocenters. The van der Waals surface area contributed by atoms with Gasteiger partial charge in [-0.25, -0.2) is 13.6 Å². The minimum absolute atomic E-state index is 0.129. The van der Waals surface area contributed by atoms with E-state index >= 15 is 0 Å². The number of anilines is 1. The van der Waals surface area contributed by atoms with Crippen LogP contribution in [0.4, 0.5) is 19.3 Å². The molecule has 2 amide bonds. The molecular formula is C24H30F2N2O4. The number of benzene rings is 2. The zero-order chi connectivity index (χ0) is 23.1. The second kappa shape index (κ2) is 10.5. The molecule has 3 rings (SSSR count). The van der Waals surface area contributed by atoms with Crippen LogP contribution in [0.3, 0.4) is 0 Å². The smallest absolute Gasteiger partial charge is 0.324 e. The third-order valence-corrected chi connectivity index (χ3v) is 5.57. The van der Waals surface area contributed by atoms with Gasteiger partial charge in [-0.1, -0.05) is 25.1 Å². The third-order valence-electron chi connectivity index (χ3n) is 5.57. The number of ether oxygens (including phenoxy) is 3. The number of alkyl halides is 2. The van der Waals surface area contributed by atoms with E-state index < -0.39 is 5.92 Å². The summed E-state index contributed by atoms with van der Waals surface area (Å²) in [6, 6.07) is 12.6. The molecule has 0 spiro atoms. The van der Waals surface area contributed by atoms with E-state index in [0.29, 0.717) is 36.8 Å². The Morgan fingerprint density at radius 3 is 2.47 bits per heavy atom. The van der Waals surface area contributed by atoms with Crippen molar-refractivity contribution in [3.05, 3.63) is 48.0 Å².